The maximum atomic E-state index is 12.3. The molecule has 0 saturated carbocycles. The predicted octanol–water partition coefficient (Wildman–Crippen LogP) is 2.53. The Hall–Kier alpha value is -1.96. The Morgan fingerprint density at radius 2 is 1.88 bits per heavy atom. The van der Waals surface area contributed by atoms with Crippen molar-refractivity contribution in [2.24, 2.45) is 5.73 Å². The maximum absolute atomic E-state index is 12.3. The van der Waals surface area contributed by atoms with Gasteiger partial charge in [-0.3, -0.25) is 9.59 Å². The van der Waals surface area contributed by atoms with Crippen molar-refractivity contribution in [2.75, 3.05) is 29.9 Å². The number of halogens is 1. The van der Waals surface area contributed by atoms with Crippen molar-refractivity contribution < 1.29 is 14.0 Å². The number of amides is 2. The second-order valence-electron chi connectivity index (χ2n) is 5.83. The number of carbonyl (C=O) groups is 2. The number of nitrogens with two attached hydrogens (primary N) is 1. The van der Waals surface area contributed by atoms with Crippen LogP contribution in [0, 0.1) is 0 Å². The first-order chi connectivity index (χ1) is 12.2. The molecule has 0 bridgehead atoms. The van der Waals surface area contributed by atoms with Crippen LogP contribution >= 0.6 is 24.2 Å². The molecule has 140 valence electrons. The first-order valence-corrected chi connectivity index (χ1v) is 9.34. The molecule has 6 nitrogen and oxygen atoms in total. The lowest BCUT2D eigenvalue weighted by Gasteiger charge is -2.26. The van der Waals surface area contributed by atoms with Gasteiger partial charge in [0.15, 0.2) is 0 Å². The summed E-state index contributed by atoms with van der Waals surface area (Å²) in [6, 6.07) is 8.96. The van der Waals surface area contributed by atoms with E-state index in [-0.39, 0.29) is 30.8 Å². The van der Waals surface area contributed by atoms with Gasteiger partial charge in [-0.15, -0.1) is 12.4 Å². The summed E-state index contributed by atoms with van der Waals surface area (Å²) >= 11 is 1.88. The Kier molecular flexibility index (Phi) is 7.56. The summed E-state index contributed by atoms with van der Waals surface area (Å²) in [5.41, 5.74) is 7.51. The van der Waals surface area contributed by atoms with E-state index in [0.29, 0.717) is 23.4 Å². The van der Waals surface area contributed by atoms with Crippen LogP contribution in [0.5, 0.6) is 0 Å². The van der Waals surface area contributed by atoms with Crippen LogP contribution in [0.1, 0.15) is 21.7 Å². The van der Waals surface area contributed by atoms with Crippen molar-refractivity contribution in [3.63, 3.8) is 0 Å². The van der Waals surface area contributed by atoms with Gasteiger partial charge in [-0.1, -0.05) is 12.1 Å². The van der Waals surface area contributed by atoms with E-state index in [0.717, 1.165) is 30.2 Å². The maximum Gasteiger partial charge on any atom is 0.258 e. The molecule has 0 atom stereocenters. The van der Waals surface area contributed by atoms with Gasteiger partial charge in [-0.05, 0) is 23.8 Å². The van der Waals surface area contributed by atoms with Gasteiger partial charge in [0, 0.05) is 30.3 Å². The molecule has 0 aliphatic carbocycles. The fraction of sp³-hybridized carbons (Fsp3) is 0.333. The number of furan rings is 1. The number of hydrogen-bond acceptors (Lipinski definition) is 5. The lowest BCUT2D eigenvalue weighted by molar-refractivity contribution is -0.130. The molecule has 8 heteroatoms. The van der Waals surface area contributed by atoms with Crippen molar-refractivity contribution in [1.82, 2.24) is 4.90 Å². The zero-order chi connectivity index (χ0) is 17.6. The molecule has 1 saturated heterocycles. The molecule has 1 aromatic carbocycles. The minimum absolute atomic E-state index is 0. The van der Waals surface area contributed by atoms with Gasteiger partial charge in [0.1, 0.15) is 12.0 Å². The SMILES string of the molecule is Cl.NCc1cc(C(=O)Nc2ccc(CC(=O)N3CCSCC3)cc2)co1. The van der Waals surface area contributed by atoms with E-state index in [2.05, 4.69) is 5.32 Å². The van der Waals surface area contributed by atoms with Crippen LogP contribution in [0.4, 0.5) is 5.69 Å². The summed E-state index contributed by atoms with van der Waals surface area (Å²) in [5.74, 6) is 2.49. The van der Waals surface area contributed by atoms with E-state index in [4.69, 9.17) is 10.2 Å². The van der Waals surface area contributed by atoms with Crippen molar-refractivity contribution in [3.05, 3.63) is 53.5 Å². The second-order valence-corrected chi connectivity index (χ2v) is 7.05. The summed E-state index contributed by atoms with van der Waals surface area (Å²) in [5, 5.41) is 2.80. The average molecular weight is 396 g/mol. The number of anilines is 1. The quantitative estimate of drug-likeness (QED) is 0.812. The summed E-state index contributed by atoms with van der Waals surface area (Å²) in [6.45, 7) is 1.91. The minimum atomic E-state index is -0.252. The Bertz CT molecular complexity index is 742. The predicted molar refractivity (Wildman–Crippen MR) is 106 cm³/mol. The zero-order valence-electron chi connectivity index (χ0n) is 14.3. The van der Waals surface area contributed by atoms with Crippen molar-refractivity contribution in [1.29, 1.82) is 0 Å². The fourth-order valence-corrected chi connectivity index (χ4v) is 3.52. The lowest BCUT2D eigenvalue weighted by Crippen LogP contribution is -2.38. The van der Waals surface area contributed by atoms with Crippen LogP contribution in [-0.4, -0.2) is 41.3 Å². The normalized spacial score (nSPS) is 13.8. The topological polar surface area (TPSA) is 88.6 Å². The number of rotatable bonds is 5. The molecular weight excluding hydrogens is 374 g/mol. The Labute approximate surface area is 162 Å². The van der Waals surface area contributed by atoms with E-state index in [1.165, 1.54) is 6.26 Å². The van der Waals surface area contributed by atoms with E-state index in [1.54, 1.807) is 18.2 Å². The smallest absolute Gasteiger partial charge is 0.258 e. The first kappa shape index (κ1) is 20.4. The third-order valence-electron chi connectivity index (χ3n) is 4.05. The molecule has 2 aromatic rings. The van der Waals surface area contributed by atoms with Crippen molar-refractivity contribution in [2.45, 2.75) is 13.0 Å². The van der Waals surface area contributed by atoms with Crippen LogP contribution in [0.3, 0.4) is 0 Å². The highest BCUT2D eigenvalue weighted by Gasteiger charge is 2.17. The summed E-state index contributed by atoms with van der Waals surface area (Å²) in [6.07, 6.45) is 1.78. The standard InChI is InChI=1S/C18H21N3O3S.ClH/c19-11-16-10-14(12-24-16)18(23)20-15-3-1-13(2-4-15)9-17(22)21-5-7-25-8-6-21;/h1-4,10,12H,5-9,11,19H2,(H,20,23);1H. The number of nitrogens with zero attached hydrogens (tertiary/aromatic N) is 1. The van der Waals surface area contributed by atoms with E-state index < -0.39 is 0 Å². The Morgan fingerprint density at radius 3 is 2.50 bits per heavy atom. The second kappa shape index (κ2) is 9.66. The molecule has 2 amide bonds. The number of benzene rings is 1. The van der Waals surface area contributed by atoms with Crippen LogP contribution in [0.25, 0.3) is 0 Å². The molecule has 0 radical (unpaired) electrons. The highest BCUT2D eigenvalue weighted by atomic mass is 35.5. The Morgan fingerprint density at radius 1 is 1.19 bits per heavy atom. The van der Waals surface area contributed by atoms with Crippen molar-refractivity contribution >= 4 is 41.7 Å². The van der Waals surface area contributed by atoms with Crippen molar-refractivity contribution in [3.8, 4) is 0 Å². The van der Waals surface area contributed by atoms with Gasteiger partial charge in [0.25, 0.3) is 5.91 Å². The molecule has 0 unspecified atom stereocenters. The number of nitrogens with one attached hydrogen (secondary N) is 1. The molecule has 1 fully saturated rings. The van der Waals surface area contributed by atoms with Gasteiger partial charge < -0.3 is 20.4 Å². The Balaban J connectivity index is 0.00000243. The van der Waals surface area contributed by atoms with Crippen LogP contribution in [0.2, 0.25) is 0 Å². The highest BCUT2D eigenvalue weighted by molar-refractivity contribution is 7.99. The van der Waals surface area contributed by atoms with Crippen LogP contribution < -0.4 is 11.1 Å². The number of hydrogen-bond donors (Lipinski definition) is 2. The molecule has 3 N–H and O–H groups in total. The van der Waals surface area contributed by atoms with Crippen LogP contribution in [0.15, 0.2) is 41.0 Å². The summed E-state index contributed by atoms with van der Waals surface area (Å²) < 4.78 is 5.16. The van der Waals surface area contributed by atoms with E-state index in [9.17, 15) is 9.59 Å². The molecule has 1 aromatic heterocycles. The van der Waals surface area contributed by atoms with Gasteiger partial charge in [-0.25, -0.2) is 0 Å². The first-order valence-electron chi connectivity index (χ1n) is 8.19. The monoisotopic (exact) mass is 395 g/mol. The van der Waals surface area contributed by atoms with Gasteiger partial charge in [0.05, 0.1) is 18.5 Å². The van der Waals surface area contributed by atoms with E-state index in [1.807, 2.05) is 28.8 Å². The van der Waals surface area contributed by atoms with Gasteiger partial charge >= 0.3 is 0 Å². The lowest BCUT2D eigenvalue weighted by atomic mass is 10.1. The fourth-order valence-electron chi connectivity index (χ4n) is 2.62. The average Bonchev–Trinajstić information content (AvgIpc) is 3.13. The largest absolute Gasteiger partial charge is 0.467 e. The molecule has 2 heterocycles. The summed E-state index contributed by atoms with van der Waals surface area (Å²) in [4.78, 5) is 26.3. The van der Waals surface area contributed by atoms with E-state index >= 15 is 0 Å². The van der Waals surface area contributed by atoms with Crippen LogP contribution in [-0.2, 0) is 17.8 Å². The molecule has 26 heavy (non-hydrogen) atoms. The number of thioether (sulfide) groups is 1. The minimum Gasteiger partial charge on any atom is -0.467 e. The molecule has 1 aliphatic rings. The third kappa shape index (κ3) is 5.27. The highest BCUT2D eigenvalue weighted by Crippen LogP contribution is 2.15. The van der Waals surface area contributed by atoms with Gasteiger partial charge in [-0.2, -0.15) is 11.8 Å². The van der Waals surface area contributed by atoms with Gasteiger partial charge in [0.2, 0.25) is 5.91 Å². The summed E-state index contributed by atoms with van der Waals surface area (Å²) in [7, 11) is 0. The molecule has 0 spiro atoms. The third-order valence-corrected chi connectivity index (χ3v) is 4.99. The molecule has 3 rings (SSSR count). The molecule has 1 aliphatic heterocycles. The zero-order valence-corrected chi connectivity index (χ0v) is 15.9. The number of carbonyl (C=O) groups excluding carboxylic acids is 2. The molecular formula is C18H22ClN3O3S.